The predicted octanol–water partition coefficient (Wildman–Crippen LogP) is 2.30. The second kappa shape index (κ2) is 9.16. The number of hydrogen-bond donors (Lipinski definition) is 1. The fourth-order valence-electron chi connectivity index (χ4n) is 1.56. The van der Waals surface area contributed by atoms with Crippen molar-refractivity contribution >= 4 is 30.7 Å². The van der Waals surface area contributed by atoms with Crippen LogP contribution in [0, 0.1) is 5.41 Å². The molecule has 0 unspecified atom stereocenters. The molecule has 0 saturated carbocycles. The molecular formula is C14H25Cl2N3O. The summed E-state index contributed by atoms with van der Waals surface area (Å²) in [7, 11) is 1.80. The molecule has 1 amide bonds. The molecule has 4 nitrogen and oxygen atoms in total. The van der Waals surface area contributed by atoms with Gasteiger partial charge in [0.25, 0.3) is 0 Å². The maximum Gasteiger partial charge on any atom is 0.239 e. The molecule has 116 valence electrons. The highest BCUT2D eigenvalue weighted by Gasteiger charge is 2.29. The lowest BCUT2D eigenvalue weighted by Gasteiger charge is -2.30. The van der Waals surface area contributed by atoms with Gasteiger partial charge in [-0.15, -0.1) is 24.8 Å². The minimum absolute atomic E-state index is 0. The Bertz CT molecular complexity index is 393. The van der Waals surface area contributed by atoms with Crippen molar-refractivity contribution in [3.8, 4) is 0 Å². The summed E-state index contributed by atoms with van der Waals surface area (Å²) in [4.78, 5) is 17.8. The first kappa shape index (κ1) is 21.5. The van der Waals surface area contributed by atoms with Crippen molar-refractivity contribution in [1.29, 1.82) is 0 Å². The third kappa shape index (κ3) is 6.55. The van der Waals surface area contributed by atoms with Crippen LogP contribution in [0.25, 0.3) is 0 Å². The Labute approximate surface area is 134 Å². The van der Waals surface area contributed by atoms with Gasteiger partial charge in [0, 0.05) is 26.0 Å². The summed E-state index contributed by atoms with van der Waals surface area (Å²) in [6.07, 6.45) is 4.34. The maximum atomic E-state index is 12.1. The minimum atomic E-state index is -0.458. The summed E-state index contributed by atoms with van der Waals surface area (Å²) < 4.78 is 0. The molecule has 0 saturated heterocycles. The van der Waals surface area contributed by atoms with Crippen molar-refractivity contribution in [3.63, 3.8) is 0 Å². The average molecular weight is 322 g/mol. The van der Waals surface area contributed by atoms with Crippen LogP contribution in [0.15, 0.2) is 24.5 Å². The zero-order valence-corrected chi connectivity index (χ0v) is 14.1. The standard InChI is InChI=1S/C14H23N3O.2ClH/c1-14(2,3)12(15)13(18)17(4)10-7-11-5-8-16-9-6-11;;/h5-6,8-9,12H,7,10,15H2,1-4H3;2*1H/t12-;;/m1../s1. The zero-order valence-electron chi connectivity index (χ0n) is 12.5. The van der Waals surface area contributed by atoms with Crippen LogP contribution in [0.4, 0.5) is 0 Å². The summed E-state index contributed by atoms with van der Waals surface area (Å²) in [5, 5.41) is 0. The Morgan fingerprint density at radius 1 is 1.30 bits per heavy atom. The van der Waals surface area contributed by atoms with Crippen LogP contribution >= 0.6 is 24.8 Å². The number of carbonyl (C=O) groups is 1. The smallest absolute Gasteiger partial charge is 0.239 e. The van der Waals surface area contributed by atoms with Crippen molar-refractivity contribution in [2.24, 2.45) is 11.1 Å². The number of amides is 1. The van der Waals surface area contributed by atoms with E-state index in [0.29, 0.717) is 6.54 Å². The number of nitrogens with zero attached hydrogens (tertiary/aromatic N) is 2. The SMILES string of the molecule is CN(CCc1ccncc1)C(=O)[C@@H](N)C(C)(C)C.Cl.Cl. The normalized spacial score (nSPS) is 11.8. The number of pyridine rings is 1. The summed E-state index contributed by atoms with van der Waals surface area (Å²) in [5.74, 6) is -0.00319. The second-order valence-corrected chi connectivity index (χ2v) is 5.71. The zero-order chi connectivity index (χ0) is 13.8. The lowest BCUT2D eigenvalue weighted by molar-refractivity contribution is -0.133. The minimum Gasteiger partial charge on any atom is -0.344 e. The predicted molar refractivity (Wildman–Crippen MR) is 87.5 cm³/mol. The highest BCUT2D eigenvalue weighted by atomic mass is 35.5. The molecule has 0 fully saturated rings. The molecule has 1 heterocycles. The average Bonchev–Trinajstić information content (AvgIpc) is 2.34. The highest BCUT2D eigenvalue weighted by Crippen LogP contribution is 2.18. The van der Waals surface area contributed by atoms with Crippen molar-refractivity contribution in [2.45, 2.75) is 33.2 Å². The molecular weight excluding hydrogens is 297 g/mol. The molecule has 0 aliphatic carbocycles. The number of hydrogen-bond acceptors (Lipinski definition) is 3. The fourth-order valence-corrected chi connectivity index (χ4v) is 1.56. The van der Waals surface area contributed by atoms with E-state index in [1.807, 2.05) is 32.9 Å². The van der Waals surface area contributed by atoms with Gasteiger partial charge in [-0.2, -0.15) is 0 Å². The Kier molecular flexibility index (Phi) is 9.83. The van der Waals surface area contributed by atoms with Gasteiger partial charge >= 0.3 is 0 Å². The van der Waals surface area contributed by atoms with E-state index >= 15 is 0 Å². The first-order chi connectivity index (χ1) is 8.32. The largest absolute Gasteiger partial charge is 0.344 e. The van der Waals surface area contributed by atoms with Gasteiger partial charge in [-0.3, -0.25) is 9.78 Å². The van der Waals surface area contributed by atoms with Gasteiger partial charge in [0.1, 0.15) is 0 Å². The van der Waals surface area contributed by atoms with E-state index in [1.54, 1.807) is 24.3 Å². The van der Waals surface area contributed by atoms with Gasteiger partial charge in [0.15, 0.2) is 0 Å². The molecule has 1 rings (SSSR count). The molecule has 0 bridgehead atoms. The van der Waals surface area contributed by atoms with Gasteiger partial charge in [-0.05, 0) is 29.5 Å². The summed E-state index contributed by atoms with van der Waals surface area (Å²) in [6, 6.07) is 3.46. The van der Waals surface area contributed by atoms with E-state index in [1.165, 1.54) is 5.56 Å². The van der Waals surface area contributed by atoms with Crippen LogP contribution in [0.1, 0.15) is 26.3 Å². The molecule has 0 radical (unpaired) electrons. The van der Waals surface area contributed by atoms with Crippen LogP contribution in [-0.2, 0) is 11.2 Å². The van der Waals surface area contributed by atoms with E-state index in [4.69, 9.17) is 5.73 Å². The number of likely N-dealkylation sites (N-methyl/N-ethyl adjacent to an activating group) is 1. The van der Waals surface area contributed by atoms with E-state index in [0.717, 1.165) is 6.42 Å². The summed E-state index contributed by atoms with van der Waals surface area (Å²) in [6.45, 7) is 6.61. The van der Waals surface area contributed by atoms with E-state index in [-0.39, 0.29) is 36.1 Å². The van der Waals surface area contributed by atoms with Gasteiger partial charge in [-0.25, -0.2) is 0 Å². The van der Waals surface area contributed by atoms with Crippen LogP contribution < -0.4 is 5.73 Å². The molecule has 0 spiro atoms. The van der Waals surface area contributed by atoms with E-state index in [2.05, 4.69) is 4.98 Å². The quantitative estimate of drug-likeness (QED) is 0.925. The molecule has 2 N–H and O–H groups in total. The number of rotatable bonds is 4. The lowest BCUT2D eigenvalue weighted by Crippen LogP contribution is -2.49. The van der Waals surface area contributed by atoms with Gasteiger partial charge < -0.3 is 10.6 Å². The summed E-state index contributed by atoms with van der Waals surface area (Å²) in [5.41, 5.74) is 6.93. The van der Waals surface area contributed by atoms with E-state index in [9.17, 15) is 4.79 Å². The lowest BCUT2D eigenvalue weighted by atomic mass is 9.86. The third-order valence-corrected chi connectivity index (χ3v) is 3.06. The van der Waals surface area contributed by atoms with Crippen LogP contribution in [-0.4, -0.2) is 35.4 Å². The Morgan fingerprint density at radius 3 is 2.25 bits per heavy atom. The first-order valence-corrected chi connectivity index (χ1v) is 6.22. The number of aromatic nitrogens is 1. The van der Waals surface area contributed by atoms with Crippen LogP contribution in [0.3, 0.4) is 0 Å². The number of carbonyl (C=O) groups excluding carboxylic acids is 1. The maximum absolute atomic E-state index is 12.1. The monoisotopic (exact) mass is 321 g/mol. The number of nitrogens with two attached hydrogens (primary N) is 1. The first-order valence-electron chi connectivity index (χ1n) is 6.22. The molecule has 1 atom stereocenters. The van der Waals surface area contributed by atoms with Gasteiger partial charge in [0.2, 0.25) is 5.91 Å². The van der Waals surface area contributed by atoms with Gasteiger partial charge in [-0.1, -0.05) is 20.8 Å². The molecule has 0 aromatic carbocycles. The molecule has 1 aromatic rings. The van der Waals surface area contributed by atoms with Crippen LogP contribution in [0.5, 0.6) is 0 Å². The molecule has 0 aliphatic heterocycles. The number of halogens is 2. The third-order valence-electron chi connectivity index (χ3n) is 3.06. The van der Waals surface area contributed by atoms with Crippen molar-refractivity contribution in [3.05, 3.63) is 30.1 Å². The highest BCUT2D eigenvalue weighted by molar-refractivity contribution is 5.85. The summed E-state index contributed by atoms with van der Waals surface area (Å²) >= 11 is 0. The Morgan fingerprint density at radius 2 is 1.80 bits per heavy atom. The van der Waals surface area contributed by atoms with Crippen molar-refractivity contribution in [1.82, 2.24) is 9.88 Å². The Balaban J connectivity index is 0. The topological polar surface area (TPSA) is 59.2 Å². The molecule has 6 heteroatoms. The van der Waals surface area contributed by atoms with Crippen molar-refractivity contribution in [2.75, 3.05) is 13.6 Å². The molecule has 1 aromatic heterocycles. The van der Waals surface area contributed by atoms with Crippen LogP contribution in [0.2, 0.25) is 0 Å². The van der Waals surface area contributed by atoms with E-state index < -0.39 is 6.04 Å². The second-order valence-electron chi connectivity index (χ2n) is 5.71. The molecule has 0 aliphatic rings. The van der Waals surface area contributed by atoms with Crippen molar-refractivity contribution < 1.29 is 4.79 Å². The molecule has 20 heavy (non-hydrogen) atoms. The fraction of sp³-hybridized carbons (Fsp3) is 0.571. The van der Waals surface area contributed by atoms with Gasteiger partial charge in [0.05, 0.1) is 6.04 Å². The Hall–Kier alpha value is -0.840.